The Morgan fingerprint density at radius 3 is 2.31 bits per heavy atom. The first kappa shape index (κ1) is 10.9. The second-order valence-corrected chi connectivity index (χ2v) is 5.19. The van der Waals surface area contributed by atoms with E-state index in [2.05, 4.69) is 0 Å². The van der Waals surface area contributed by atoms with Crippen LogP contribution in [0.4, 0.5) is 3.89 Å². The largest absolute Gasteiger partial charge is 0.384 e. The van der Waals surface area contributed by atoms with Crippen molar-refractivity contribution in [3.8, 4) is 0 Å². The summed E-state index contributed by atoms with van der Waals surface area (Å²) in [5.74, 6) is -0.381. The molecule has 0 saturated heterocycles. The molecule has 0 radical (unpaired) electrons. The maximum Gasteiger partial charge on any atom is 0.303 e. The lowest BCUT2D eigenvalue weighted by molar-refractivity contribution is 0.0980. The van der Waals surface area contributed by atoms with Gasteiger partial charge in [0, 0.05) is 12.5 Å². The van der Waals surface area contributed by atoms with E-state index in [9.17, 15) is 12.3 Å². The van der Waals surface area contributed by atoms with Crippen LogP contribution in [-0.4, -0.2) is 27.9 Å². The molecule has 78 valence electrons. The summed E-state index contributed by atoms with van der Waals surface area (Å²) >= 11 is 0. The standard InChI is InChI=1S/C8H15FO3S/c1-12-6-8(4-2-3-5-8)7-13(9,10)11/h2-7H2,1H3. The van der Waals surface area contributed by atoms with E-state index >= 15 is 0 Å². The average Bonchev–Trinajstić information content (AvgIpc) is 2.33. The molecule has 0 aliphatic heterocycles. The molecule has 0 aromatic rings. The molecule has 1 aliphatic carbocycles. The molecular formula is C8H15FO3S. The molecule has 1 saturated carbocycles. The number of hydrogen-bond donors (Lipinski definition) is 0. The van der Waals surface area contributed by atoms with Crippen LogP contribution >= 0.6 is 0 Å². The maximum atomic E-state index is 12.5. The summed E-state index contributed by atoms with van der Waals surface area (Å²) in [6, 6.07) is 0. The summed E-state index contributed by atoms with van der Waals surface area (Å²) in [5, 5.41) is 0. The third-order valence-corrected chi connectivity index (χ3v) is 3.55. The lowest BCUT2D eigenvalue weighted by atomic mass is 9.90. The van der Waals surface area contributed by atoms with Crippen molar-refractivity contribution in [3.63, 3.8) is 0 Å². The fourth-order valence-electron chi connectivity index (χ4n) is 2.13. The molecule has 0 spiro atoms. The number of ether oxygens (including phenoxy) is 1. The van der Waals surface area contributed by atoms with Gasteiger partial charge in [-0.1, -0.05) is 12.8 Å². The summed E-state index contributed by atoms with van der Waals surface area (Å²) in [7, 11) is -2.85. The number of hydrogen-bond acceptors (Lipinski definition) is 3. The molecule has 1 fully saturated rings. The fraction of sp³-hybridized carbons (Fsp3) is 1.00. The molecule has 0 N–H and O–H groups in total. The van der Waals surface area contributed by atoms with Gasteiger partial charge in [-0.05, 0) is 12.8 Å². The van der Waals surface area contributed by atoms with Crippen molar-refractivity contribution in [2.45, 2.75) is 25.7 Å². The molecular weight excluding hydrogens is 195 g/mol. The highest BCUT2D eigenvalue weighted by Crippen LogP contribution is 2.39. The van der Waals surface area contributed by atoms with Gasteiger partial charge in [0.1, 0.15) is 0 Å². The van der Waals surface area contributed by atoms with E-state index in [1.54, 1.807) is 0 Å². The smallest absolute Gasteiger partial charge is 0.303 e. The SMILES string of the molecule is COCC1(CS(=O)(=O)F)CCCC1. The van der Waals surface area contributed by atoms with Gasteiger partial charge in [0.25, 0.3) is 0 Å². The summed E-state index contributed by atoms with van der Waals surface area (Å²) in [5.41, 5.74) is -0.456. The van der Waals surface area contributed by atoms with E-state index in [1.807, 2.05) is 0 Å². The van der Waals surface area contributed by atoms with Gasteiger partial charge in [-0.3, -0.25) is 0 Å². The van der Waals surface area contributed by atoms with E-state index in [4.69, 9.17) is 4.74 Å². The molecule has 0 aromatic carbocycles. The molecule has 1 aliphatic rings. The van der Waals surface area contributed by atoms with Crippen molar-refractivity contribution in [2.75, 3.05) is 19.5 Å². The Labute approximate surface area is 78.5 Å². The average molecular weight is 210 g/mol. The highest BCUT2D eigenvalue weighted by atomic mass is 32.3. The highest BCUT2D eigenvalue weighted by molar-refractivity contribution is 7.86. The maximum absolute atomic E-state index is 12.5. The first-order chi connectivity index (χ1) is 5.97. The molecule has 0 heterocycles. The lowest BCUT2D eigenvalue weighted by Crippen LogP contribution is -2.30. The van der Waals surface area contributed by atoms with Crippen molar-refractivity contribution < 1.29 is 17.0 Å². The minimum atomic E-state index is -4.37. The predicted molar refractivity (Wildman–Crippen MR) is 47.7 cm³/mol. The first-order valence-electron chi connectivity index (χ1n) is 4.39. The zero-order chi connectivity index (χ0) is 9.95. The molecule has 0 atom stereocenters. The van der Waals surface area contributed by atoms with Crippen molar-refractivity contribution in [1.29, 1.82) is 0 Å². The Kier molecular flexibility index (Phi) is 3.29. The monoisotopic (exact) mass is 210 g/mol. The van der Waals surface area contributed by atoms with Gasteiger partial charge >= 0.3 is 10.2 Å². The van der Waals surface area contributed by atoms with Crippen molar-refractivity contribution in [2.24, 2.45) is 5.41 Å². The van der Waals surface area contributed by atoms with Crippen LogP contribution < -0.4 is 0 Å². The van der Waals surface area contributed by atoms with Gasteiger partial charge in [0.05, 0.1) is 12.4 Å². The first-order valence-corrected chi connectivity index (χ1v) is 5.94. The van der Waals surface area contributed by atoms with Crippen molar-refractivity contribution >= 4 is 10.2 Å². The Morgan fingerprint density at radius 1 is 1.38 bits per heavy atom. The number of halogens is 1. The van der Waals surface area contributed by atoms with Crippen LogP contribution in [0.15, 0.2) is 0 Å². The van der Waals surface area contributed by atoms with E-state index in [0.29, 0.717) is 6.61 Å². The van der Waals surface area contributed by atoms with Crippen LogP contribution in [0.3, 0.4) is 0 Å². The molecule has 0 aromatic heterocycles. The summed E-state index contributed by atoms with van der Waals surface area (Å²) < 4.78 is 38.6. The summed E-state index contributed by atoms with van der Waals surface area (Å²) in [4.78, 5) is 0. The molecule has 0 unspecified atom stereocenters. The van der Waals surface area contributed by atoms with Gasteiger partial charge in [0.2, 0.25) is 0 Å². The van der Waals surface area contributed by atoms with Crippen molar-refractivity contribution in [1.82, 2.24) is 0 Å². The third kappa shape index (κ3) is 3.23. The van der Waals surface area contributed by atoms with Gasteiger partial charge < -0.3 is 4.74 Å². The van der Waals surface area contributed by atoms with Gasteiger partial charge in [-0.25, -0.2) is 0 Å². The summed E-state index contributed by atoms with van der Waals surface area (Å²) in [6.07, 6.45) is 3.45. The lowest BCUT2D eigenvalue weighted by Gasteiger charge is -2.25. The van der Waals surface area contributed by atoms with Gasteiger partial charge in [-0.15, -0.1) is 3.89 Å². The zero-order valence-electron chi connectivity index (χ0n) is 7.75. The topological polar surface area (TPSA) is 43.4 Å². The Hall–Kier alpha value is -0.160. The Bertz CT molecular complexity index is 255. The quantitative estimate of drug-likeness (QED) is 0.660. The molecule has 13 heavy (non-hydrogen) atoms. The molecule has 1 rings (SSSR count). The van der Waals surface area contributed by atoms with E-state index in [-0.39, 0.29) is 5.75 Å². The van der Waals surface area contributed by atoms with Gasteiger partial charge in [0.15, 0.2) is 0 Å². The minimum absolute atomic E-state index is 0.343. The Balaban J connectivity index is 2.67. The normalized spacial score (nSPS) is 22.0. The molecule has 0 amide bonds. The predicted octanol–water partition coefficient (Wildman–Crippen LogP) is 1.49. The second-order valence-electron chi connectivity index (χ2n) is 3.82. The van der Waals surface area contributed by atoms with Crippen molar-refractivity contribution in [3.05, 3.63) is 0 Å². The third-order valence-electron chi connectivity index (χ3n) is 2.59. The van der Waals surface area contributed by atoms with Crippen LogP contribution in [0, 0.1) is 5.41 Å². The molecule has 5 heteroatoms. The number of rotatable bonds is 4. The number of methoxy groups -OCH3 is 1. The van der Waals surface area contributed by atoms with E-state index in [0.717, 1.165) is 25.7 Å². The second kappa shape index (κ2) is 3.92. The van der Waals surface area contributed by atoms with Crippen LogP contribution in [0.25, 0.3) is 0 Å². The highest BCUT2D eigenvalue weighted by Gasteiger charge is 2.38. The van der Waals surface area contributed by atoms with E-state index < -0.39 is 15.6 Å². The molecule has 3 nitrogen and oxygen atoms in total. The van der Waals surface area contributed by atoms with Crippen LogP contribution in [0.1, 0.15) is 25.7 Å². The van der Waals surface area contributed by atoms with Crippen LogP contribution in [0.2, 0.25) is 0 Å². The van der Waals surface area contributed by atoms with Crippen LogP contribution in [0.5, 0.6) is 0 Å². The molecule has 0 bridgehead atoms. The zero-order valence-corrected chi connectivity index (χ0v) is 8.57. The fourth-order valence-corrected chi connectivity index (χ4v) is 3.23. The van der Waals surface area contributed by atoms with Gasteiger partial charge in [-0.2, -0.15) is 8.42 Å². The minimum Gasteiger partial charge on any atom is -0.384 e. The van der Waals surface area contributed by atoms with Crippen LogP contribution in [-0.2, 0) is 15.0 Å². The van der Waals surface area contributed by atoms with E-state index in [1.165, 1.54) is 7.11 Å². The summed E-state index contributed by atoms with van der Waals surface area (Å²) in [6.45, 7) is 0.343. The Morgan fingerprint density at radius 2 is 1.92 bits per heavy atom.